The van der Waals surface area contributed by atoms with E-state index in [0.717, 1.165) is 6.42 Å². The van der Waals surface area contributed by atoms with Gasteiger partial charge in [-0.05, 0) is 31.4 Å². The highest BCUT2D eigenvalue weighted by Crippen LogP contribution is 2.35. The van der Waals surface area contributed by atoms with Crippen LogP contribution in [-0.4, -0.2) is 27.5 Å². The minimum atomic E-state index is -0.616. The molecule has 0 N–H and O–H groups in total. The average Bonchev–Trinajstić information content (AvgIpc) is 3.19. The molecule has 1 atom stereocenters. The summed E-state index contributed by atoms with van der Waals surface area (Å²) >= 11 is 6.17. The first-order valence-corrected chi connectivity index (χ1v) is 8.37. The number of aromatic nitrogens is 2. The summed E-state index contributed by atoms with van der Waals surface area (Å²) in [6.45, 7) is 6.18. The van der Waals surface area contributed by atoms with Gasteiger partial charge in [0.15, 0.2) is 5.82 Å². The van der Waals surface area contributed by atoms with Crippen LogP contribution in [0.2, 0.25) is 5.02 Å². The van der Waals surface area contributed by atoms with Crippen LogP contribution in [0.4, 0.5) is 4.39 Å². The fourth-order valence-electron chi connectivity index (χ4n) is 2.88. The van der Waals surface area contributed by atoms with Crippen LogP contribution < -0.4 is 0 Å². The standard InChI is InChI=1S/C17H19ClFN3O2/c1-9(2)15-20-16(24-21-15)12-5-4-8-22(12)17(23)13-11(19)7-6-10(3)14(13)18/h6-7,9,12H,4-5,8H2,1-3H3/t12-/m1/s1. The van der Waals surface area contributed by atoms with Crippen LogP contribution in [0.3, 0.4) is 0 Å². The van der Waals surface area contributed by atoms with E-state index < -0.39 is 11.7 Å². The predicted octanol–water partition coefficient (Wildman–Crippen LogP) is 4.27. The molecule has 0 aliphatic carbocycles. The molecule has 24 heavy (non-hydrogen) atoms. The van der Waals surface area contributed by atoms with Gasteiger partial charge in [-0.25, -0.2) is 4.39 Å². The van der Waals surface area contributed by atoms with Gasteiger partial charge < -0.3 is 9.42 Å². The molecule has 3 rings (SSSR count). The summed E-state index contributed by atoms with van der Waals surface area (Å²) in [5, 5.41) is 4.10. The molecule has 1 fully saturated rings. The first kappa shape index (κ1) is 16.9. The number of halogens is 2. The highest BCUT2D eigenvalue weighted by molar-refractivity contribution is 6.34. The van der Waals surface area contributed by atoms with Crippen molar-refractivity contribution in [3.05, 3.63) is 45.8 Å². The second-order valence-corrected chi connectivity index (χ2v) is 6.73. The number of likely N-dealkylation sites (tertiary alicyclic amines) is 1. The third-order valence-corrected chi connectivity index (χ3v) is 4.76. The molecule has 1 aromatic carbocycles. The van der Waals surface area contributed by atoms with Crippen LogP contribution in [0.25, 0.3) is 0 Å². The zero-order valence-corrected chi connectivity index (χ0v) is 14.6. The monoisotopic (exact) mass is 351 g/mol. The highest BCUT2D eigenvalue weighted by Gasteiger charge is 2.36. The van der Waals surface area contributed by atoms with Gasteiger partial charge in [0.1, 0.15) is 11.9 Å². The van der Waals surface area contributed by atoms with E-state index in [0.29, 0.717) is 30.2 Å². The summed E-state index contributed by atoms with van der Waals surface area (Å²) in [6.07, 6.45) is 1.50. The molecule has 2 heterocycles. The van der Waals surface area contributed by atoms with Crippen molar-refractivity contribution in [2.75, 3.05) is 6.54 Å². The van der Waals surface area contributed by atoms with Crippen molar-refractivity contribution in [2.24, 2.45) is 0 Å². The van der Waals surface area contributed by atoms with E-state index in [-0.39, 0.29) is 22.5 Å². The number of hydrogen-bond donors (Lipinski definition) is 0. The third-order valence-electron chi connectivity index (χ3n) is 4.27. The van der Waals surface area contributed by atoms with Crippen LogP contribution in [0, 0.1) is 12.7 Å². The Morgan fingerprint density at radius 2 is 2.21 bits per heavy atom. The predicted molar refractivity (Wildman–Crippen MR) is 87.5 cm³/mol. The molecule has 1 aliphatic heterocycles. The van der Waals surface area contributed by atoms with Gasteiger partial charge in [0, 0.05) is 12.5 Å². The molecule has 1 saturated heterocycles. The molecule has 1 aliphatic rings. The third kappa shape index (κ3) is 2.90. The number of carbonyl (C=O) groups is 1. The van der Waals surface area contributed by atoms with Gasteiger partial charge in [0.25, 0.3) is 5.91 Å². The van der Waals surface area contributed by atoms with Crippen molar-refractivity contribution in [1.29, 1.82) is 0 Å². The Bertz CT molecular complexity index is 775. The van der Waals surface area contributed by atoms with Crippen LogP contribution in [0.1, 0.15) is 66.3 Å². The topological polar surface area (TPSA) is 59.2 Å². The van der Waals surface area contributed by atoms with Crippen molar-refractivity contribution in [1.82, 2.24) is 15.0 Å². The van der Waals surface area contributed by atoms with Crippen molar-refractivity contribution in [3.8, 4) is 0 Å². The van der Waals surface area contributed by atoms with Crippen molar-refractivity contribution in [3.63, 3.8) is 0 Å². The van der Waals surface area contributed by atoms with E-state index in [1.54, 1.807) is 17.9 Å². The Morgan fingerprint density at radius 3 is 2.88 bits per heavy atom. The Morgan fingerprint density at radius 1 is 1.46 bits per heavy atom. The lowest BCUT2D eigenvalue weighted by Crippen LogP contribution is -2.31. The van der Waals surface area contributed by atoms with Crippen molar-refractivity contribution >= 4 is 17.5 Å². The number of benzene rings is 1. The lowest BCUT2D eigenvalue weighted by Gasteiger charge is -2.23. The number of nitrogens with zero attached hydrogens (tertiary/aromatic N) is 3. The SMILES string of the molecule is Cc1ccc(F)c(C(=O)N2CCC[C@@H]2c2nc(C(C)C)no2)c1Cl. The molecular formula is C17H19ClFN3O2. The van der Waals surface area contributed by atoms with Gasteiger partial charge >= 0.3 is 0 Å². The fraction of sp³-hybridized carbons (Fsp3) is 0.471. The number of hydrogen-bond acceptors (Lipinski definition) is 4. The Kier molecular flexibility index (Phi) is 4.58. The van der Waals surface area contributed by atoms with E-state index in [1.807, 2.05) is 13.8 Å². The van der Waals surface area contributed by atoms with E-state index in [4.69, 9.17) is 16.1 Å². The maximum absolute atomic E-state index is 14.2. The smallest absolute Gasteiger partial charge is 0.259 e. The van der Waals surface area contributed by atoms with E-state index in [1.165, 1.54) is 6.07 Å². The number of amides is 1. The van der Waals surface area contributed by atoms with Crippen LogP contribution in [0.15, 0.2) is 16.7 Å². The Balaban J connectivity index is 1.93. The summed E-state index contributed by atoms with van der Waals surface area (Å²) in [7, 11) is 0. The lowest BCUT2D eigenvalue weighted by atomic mass is 10.1. The van der Waals surface area contributed by atoms with Crippen molar-refractivity contribution < 1.29 is 13.7 Å². The summed E-state index contributed by atoms with van der Waals surface area (Å²) in [5.74, 6) is 0.0807. The molecule has 0 unspecified atom stereocenters. The zero-order chi connectivity index (χ0) is 17.4. The van der Waals surface area contributed by atoms with Crippen LogP contribution >= 0.6 is 11.6 Å². The minimum absolute atomic E-state index is 0.0906. The van der Waals surface area contributed by atoms with Gasteiger partial charge in [-0.15, -0.1) is 0 Å². The molecule has 0 bridgehead atoms. The highest BCUT2D eigenvalue weighted by atomic mass is 35.5. The van der Waals surface area contributed by atoms with E-state index >= 15 is 0 Å². The molecule has 1 aromatic heterocycles. The number of rotatable bonds is 3. The first-order valence-electron chi connectivity index (χ1n) is 7.99. The average molecular weight is 352 g/mol. The molecular weight excluding hydrogens is 333 g/mol. The zero-order valence-electron chi connectivity index (χ0n) is 13.8. The molecule has 0 saturated carbocycles. The van der Waals surface area contributed by atoms with Crippen LogP contribution in [-0.2, 0) is 0 Å². The lowest BCUT2D eigenvalue weighted by molar-refractivity contribution is 0.0705. The summed E-state index contributed by atoms with van der Waals surface area (Å²) in [6, 6.07) is 2.49. The van der Waals surface area contributed by atoms with Gasteiger partial charge in [0.05, 0.1) is 10.6 Å². The Labute approximate surface area is 144 Å². The summed E-state index contributed by atoms with van der Waals surface area (Å²) < 4.78 is 19.5. The second kappa shape index (κ2) is 6.51. The van der Waals surface area contributed by atoms with Crippen molar-refractivity contribution in [2.45, 2.75) is 45.6 Å². The normalized spacial score (nSPS) is 17.8. The largest absolute Gasteiger partial charge is 0.337 e. The summed E-state index contributed by atoms with van der Waals surface area (Å²) in [5.41, 5.74) is 0.573. The minimum Gasteiger partial charge on any atom is -0.337 e. The Hall–Kier alpha value is -1.95. The quantitative estimate of drug-likeness (QED) is 0.828. The van der Waals surface area contributed by atoms with Gasteiger partial charge in [-0.2, -0.15) is 4.98 Å². The molecule has 5 nitrogen and oxygen atoms in total. The second-order valence-electron chi connectivity index (χ2n) is 6.36. The molecule has 2 aromatic rings. The van der Waals surface area contributed by atoms with E-state index in [9.17, 15) is 9.18 Å². The molecule has 128 valence electrons. The molecule has 7 heteroatoms. The fourth-order valence-corrected chi connectivity index (χ4v) is 3.11. The first-order chi connectivity index (χ1) is 11.4. The maximum Gasteiger partial charge on any atom is 0.259 e. The van der Waals surface area contributed by atoms with Crippen LogP contribution in [0.5, 0.6) is 0 Å². The molecule has 0 radical (unpaired) electrons. The number of aryl methyl sites for hydroxylation is 1. The van der Waals surface area contributed by atoms with E-state index in [2.05, 4.69) is 10.1 Å². The maximum atomic E-state index is 14.2. The van der Waals surface area contributed by atoms with Gasteiger partial charge in [0.2, 0.25) is 5.89 Å². The number of carbonyl (C=O) groups excluding carboxylic acids is 1. The molecule has 0 spiro atoms. The van der Waals surface area contributed by atoms with Gasteiger partial charge in [-0.1, -0.05) is 36.7 Å². The summed E-state index contributed by atoms with van der Waals surface area (Å²) in [4.78, 5) is 18.8. The van der Waals surface area contributed by atoms with Gasteiger partial charge in [-0.3, -0.25) is 4.79 Å². The molecule has 1 amide bonds.